The first kappa shape index (κ1) is 19.9. The Morgan fingerprint density at radius 3 is 2.54 bits per heavy atom. The number of aromatic nitrogens is 2. The van der Waals surface area contributed by atoms with E-state index in [0.29, 0.717) is 25.7 Å². The van der Waals surface area contributed by atoms with Crippen LogP contribution in [0.4, 0.5) is 0 Å². The van der Waals surface area contributed by atoms with Crippen LogP contribution in [0, 0.1) is 0 Å². The van der Waals surface area contributed by atoms with Crippen molar-refractivity contribution in [3.63, 3.8) is 0 Å². The second-order valence-electron chi connectivity index (χ2n) is 6.47. The molecule has 3 N–H and O–H groups in total. The summed E-state index contributed by atoms with van der Waals surface area (Å²) in [7, 11) is 3.52. The lowest BCUT2D eigenvalue weighted by atomic mass is 10.00. The Bertz CT molecular complexity index is 707. The number of methoxy groups -OCH3 is 1. The number of guanidine groups is 1. The van der Waals surface area contributed by atoms with E-state index < -0.39 is 5.60 Å². The minimum absolute atomic E-state index is 0.331. The maximum atomic E-state index is 10.7. The van der Waals surface area contributed by atoms with E-state index in [1.165, 1.54) is 0 Å². The lowest BCUT2D eigenvalue weighted by molar-refractivity contribution is 0.0616. The molecular weight excluding hydrogens is 330 g/mol. The number of aryl methyl sites for hydroxylation is 1. The SMILES string of the molecule is CCNC(=NCc1ccc(COC)cc1)NCC(C)(O)c1cnn(C)c1. The molecule has 0 spiro atoms. The van der Waals surface area contributed by atoms with Crippen LogP contribution in [0.15, 0.2) is 41.7 Å². The van der Waals surface area contributed by atoms with Crippen LogP contribution in [0.25, 0.3) is 0 Å². The number of rotatable bonds is 8. The molecule has 7 heteroatoms. The zero-order chi connectivity index (χ0) is 19.0. The van der Waals surface area contributed by atoms with Crippen molar-refractivity contribution in [1.29, 1.82) is 0 Å². The molecule has 1 heterocycles. The summed E-state index contributed by atoms with van der Waals surface area (Å²) >= 11 is 0. The van der Waals surface area contributed by atoms with Gasteiger partial charge in [0.2, 0.25) is 0 Å². The Hall–Kier alpha value is -2.38. The summed E-state index contributed by atoms with van der Waals surface area (Å²) in [5.41, 5.74) is 1.97. The average Bonchev–Trinajstić information content (AvgIpc) is 3.06. The molecule has 1 unspecified atom stereocenters. The molecular formula is C19H29N5O2. The van der Waals surface area contributed by atoms with Gasteiger partial charge in [-0.1, -0.05) is 24.3 Å². The molecule has 2 aromatic rings. The third kappa shape index (κ3) is 5.86. The molecule has 1 atom stereocenters. The van der Waals surface area contributed by atoms with Gasteiger partial charge in [0.25, 0.3) is 0 Å². The van der Waals surface area contributed by atoms with Crippen molar-refractivity contribution >= 4 is 5.96 Å². The molecule has 1 aromatic heterocycles. The van der Waals surface area contributed by atoms with E-state index in [4.69, 9.17) is 4.74 Å². The van der Waals surface area contributed by atoms with E-state index in [2.05, 4.69) is 20.7 Å². The molecule has 26 heavy (non-hydrogen) atoms. The van der Waals surface area contributed by atoms with Gasteiger partial charge in [0.15, 0.2) is 5.96 Å². The molecule has 0 aliphatic carbocycles. The molecule has 0 amide bonds. The predicted molar refractivity (Wildman–Crippen MR) is 103 cm³/mol. The highest BCUT2D eigenvalue weighted by atomic mass is 16.5. The highest BCUT2D eigenvalue weighted by Crippen LogP contribution is 2.18. The number of nitrogens with one attached hydrogen (secondary N) is 2. The Morgan fingerprint density at radius 1 is 1.27 bits per heavy atom. The van der Waals surface area contributed by atoms with E-state index in [1.807, 2.05) is 44.4 Å². The molecule has 0 saturated heterocycles. The quantitative estimate of drug-likeness (QED) is 0.492. The van der Waals surface area contributed by atoms with Crippen molar-refractivity contribution < 1.29 is 9.84 Å². The van der Waals surface area contributed by atoms with Gasteiger partial charge in [-0.2, -0.15) is 5.10 Å². The first-order valence-corrected chi connectivity index (χ1v) is 8.75. The minimum Gasteiger partial charge on any atom is -0.383 e. The van der Waals surface area contributed by atoms with Crippen LogP contribution in [0.2, 0.25) is 0 Å². The summed E-state index contributed by atoms with van der Waals surface area (Å²) in [6.45, 7) is 6.00. The fourth-order valence-corrected chi connectivity index (χ4v) is 2.48. The Balaban J connectivity index is 1.97. The van der Waals surface area contributed by atoms with Crippen LogP contribution >= 0.6 is 0 Å². The van der Waals surface area contributed by atoms with Crippen molar-refractivity contribution in [3.05, 3.63) is 53.3 Å². The van der Waals surface area contributed by atoms with Crippen molar-refractivity contribution in [2.24, 2.45) is 12.0 Å². The summed E-state index contributed by atoms with van der Waals surface area (Å²) in [4.78, 5) is 4.59. The van der Waals surface area contributed by atoms with Crippen molar-refractivity contribution in [3.8, 4) is 0 Å². The Morgan fingerprint density at radius 2 is 1.96 bits per heavy atom. The highest BCUT2D eigenvalue weighted by molar-refractivity contribution is 5.79. The highest BCUT2D eigenvalue weighted by Gasteiger charge is 2.24. The van der Waals surface area contributed by atoms with Gasteiger partial charge in [0.05, 0.1) is 25.9 Å². The van der Waals surface area contributed by atoms with Crippen molar-refractivity contribution in [2.75, 3.05) is 20.2 Å². The van der Waals surface area contributed by atoms with Crippen LogP contribution in [0.3, 0.4) is 0 Å². The van der Waals surface area contributed by atoms with Crippen LogP contribution in [0.5, 0.6) is 0 Å². The van der Waals surface area contributed by atoms with E-state index >= 15 is 0 Å². The molecule has 7 nitrogen and oxygen atoms in total. The van der Waals surface area contributed by atoms with Gasteiger partial charge >= 0.3 is 0 Å². The smallest absolute Gasteiger partial charge is 0.191 e. The number of nitrogens with zero attached hydrogens (tertiary/aromatic N) is 3. The number of benzene rings is 1. The van der Waals surface area contributed by atoms with Gasteiger partial charge in [-0.25, -0.2) is 4.99 Å². The summed E-state index contributed by atoms with van der Waals surface area (Å²) < 4.78 is 6.80. The number of ether oxygens (including phenoxy) is 1. The molecule has 0 aliphatic rings. The summed E-state index contributed by atoms with van der Waals surface area (Å²) in [6, 6.07) is 8.18. The Labute approximate surface area is 155 Å². The lowest BCUT2D eigenvalue weighted by Crippen LogP contribution is -2.44. The van der Waals surface area contributed by atoms with Gasteiger partial charge in [0.1, 0.15) is 5.60 Å². The van der Waals surface area contributed by atoms with Gasteiger partial charge in [-0.3, -0.25) is 4.68 Å². The monoisotopic (exact) mass is 359 g/mol. The van der Waals surface area contributed by atoms with E-state index in [1.54, 1.807) is 24.9 Å². The molecule has 2 rings (SSSR count). The first-order chi connectivity index (χ1) is 12.4. The molecule has 0 radical (unpaired) electrons. The molecule has 1 aromatic carbocycles. The zero-order valence-corrected chi connectivity index (χ0v) is 16.0. The third-order valence-corrected chi connectivity index (χ3v) is 4.02. The van der Waals surface area contributed by atoms with Crippen LogP contribution in [-0.2, 0) is 30.5 Å². The average molecular weight is 359 g/mol. The van der Waals surface area contributed by atoms with Gasteiger partial charge in [-0.15, -0.1) is 0 Å². The molecule has 0 bridgehead atoms. The van der Waals surface area contributed by atoms with Crippen molar-refractivity contribution in [2.45, 2.75) is 32.6 Å². The van der Waals surface area contributed by atoms with Crippen LogP contribution in [-0.4, -0.2) is 41.0 Å². The molecule has 142 valence electrons. The Kier molecular flexibility index (Phi) is 7.17. The fraction of sp³-hybridized carbons (Fsp3) is 0.474. The van der Waals surface area contributed by atoms with E-state index in [9.17, 15) is 5.11 Å². The largest absolute Gasteiger partial charge is 0.383 e. The minimum atomic E-state index is -1.04. The van der Waals surface area contributed by atoms with Gasteiger partial charge in [-0.05, 0) is 25.0 Å². The van der Waals surface area contributed by atoms with Crippen LogP contribution < -0.4 is 10.6 Å². The van der Waals surface area contributed by atoms with Crippen molar-refractivity contribution in [1.82, 2.24) is 20.4 Å². The number of aliphatic imine (C=N–C) groups is 1. The topological polar surface area (TPSA) is 83.7 Å². The zero-order valence-electron chi connectivity index (χ0n) is 16.0. The summed E-state index contributed by atoms with van der Waals surface area (Å²) in [5, 5.41) is 21.2. The van der Waals surface area contributed by atoms with Crippen LogP contribution in [0.1, 0.15) is 30.5 Å². The lowest BCUT2D eigenvalue weighted by Gasteiger charge is -2.23. The second kappa shape index (κ2) is 9.35. The second-order valence-corrected chi connectivity index (χ2v) is 6.47. The third-order valence-electron chi connectivity index (χ3n) is 4.02. The van der Waals surface area contributed by atoms with Gasteiger partial charge in [0, 0.05) is 32.5 Å². The number of hydrogen-bond acceptors (Lipinski definition) is 4. The molecule has 0 fully saturated rings. The summed E-state index contributed by atoms with van der Waals surface area (Å²) in [6.07, 6.45) is 3.49. The predicted octanol–water partition coefficient (Wildman–Crippen LogP) is 1.53. The van der Waals surface area contributed by atoms with Gasteiger partial charge < -0.3 is 20.5 Å². The molecule has 0 saturated carbocycles. The van der Waals surface area contributed by atoms with E-state index in [0.717, 1.165) is 23.2 Å². The maximum absolute atomic E-state index is 10.7. The number of aliphatic hydroxyl groups is 1. The summed E-state index contributed by atoms with van der Waals surface area (Å²) in [5.74, 6) is 0.664. The standard InChI is InChI=1S/C19H29N5O2/c1-5-20-18(21-10-15-6-8-16(9-7-15)13-26-4)22-14-19(2,25)17-11-23-24(3)12-17/h6-9,11-12,25H,5,10,13-14H2,1-4H3,(H2,20,21,22). The molecule has 0 aliphatic heterocycles. The fourth-order valence-electron chi connectivity index (χ4n) is 2.48. The van der Waals surface area contributed by atoms with E-state index in [-0.39, 0.29) is 0 Å². The normalized spacial score (nSPS) is 14.1. The number of hydrogen-bond donors (Lipinski definition) is 3. The maximum Gasteiger partial charge on any atom is 0.191 e. The first-order valence-electron chi connectivity index (χ1n) is 8.75.